The van der Waals surface area contributed by atoms with Gasteiger partial charge in [-0.2, -0.15) is 0 Å². The average molecular weight is 708 g/mol. The summed E-state index contributed by atoms with van der Waals surface area (Å²) in [6, 6.07) is 14.8. The number of carbonyl (C=O) groups excluding carboxylic acids is 3. The van der Waals surface area contributed by atoms with Crippen molar-refractivity contribution in [2.45, 2.75) is 86.0 Å². The molecule has 3 N–H and O–H groups in total. The Bertz CT molecular complexity index is 2090. The van der Waals surface area contributed by atoms with E-state index in [0.29, 0.717) is 37.9 Å². The summed E-state index contributed by atoms with van der Waals surface area (Å²) in [5.41, 5.74) is 6.79. The van der Waals surface area contributed by atoms with E-state index in [-0.39, 0.29) is 30.9 Å². The van der Waals surface area contributed by atoms with Crippen LogP contribution in [-0.4, -0.2) is 73.9 Å². The highest BCUT2D eigenvalue weighted by atomic mass is 16.5. The quantitative estimate of drug-likeness (QED) is 0.110. The third kappa shape index (κ3) is 7.75. The molecule has 0 saturated carbocycles. The number of ether oxygens (including phenoxy) is 2. The number of fused-ring (bicyclic) bond motifs is 6. The molecule has 0 radical (unpaired) electrons. The molecule has 12 nitrogen and oxygen atoms in total. The first-order valence-electron chi connectivity index (χ1n) is 18.3. The van der Waals surface area contributed by atoms with E-state index in [0.717, 1.165) is 80.6 Å². The lowest BCUT2D eigenvalue weighted by Crippen LogP contribution is -2.40. The molecule has 3 aromatic carbocycles. The summed E-state index contributed by atoms with van der Waals surface area (Å²) in [6.45, 7) is 12.0. The van der Waals surface area contributed by atoms with Gasteiger partial charge in [0, 0.05) is 30.0 Å². The Morgan fingerprint density at radius 2 is 1.79 bits per heavy atom. The number of nitrogens with zero attached hydrogens (tertiary/aromatic N) is 4. The summed E-state index contributed by atoms with van der Waals surface area (Å²) in [4.78, 5) is 57.6. The normalized spacial score (nSPS) is 13.2. The van der Waals surface area contributed by atoms with Crippen molar-refractivity contribution in [3.8, 4) is 28.1 Å². The molecule has 0 unspecified atom stereocenters. The molecule has 0 saturated heterocycles. The molecular formula is C40H49N7O5. The first-order valence-corrected chi connectivity index (χ1v) is 18.3. The maximum atomic E-state index is 13.2. The fourth-order valence-corrected chi connectivity index (χ4v) is 6.68. The number of aromatic amines is 2. The standard InChI is InChI=1S/C40H49N7O5/c1-7-14-46(38(49)20-42-40(50)51-6)21-36-43-32-13-11-26-17-31-29-12-10-27(16-28(29)23-52-34(31)18-30(26)39(32)45-36)33-19-41-35(44-33)22-47(25(5)9-3)37(48)15-24(4)8-2/h10-13,16-19,24-25H,7-9,14-15,20-23H2,1-6H3,(H,41,44)(H,42,50)(H,43,45)/t24-,25-/m0/s1. The maximum absolute atomic E-state index is 13.2. The van der Waals surface area contributed by atoms with E-state index in [1.54, 1.807) is 4.90 Å². The minimum absolute atomic E-state index is 0.128. The zero-order valence-corrected chi connectivity index (χ0v) is 31.0. The summed E-state index contributed by atoms with van der Waals surface area (Å²) in [6.07, 6.45) is 4.37. The molecule has 0 spiro atoms. The van der Waals surface area contributed by atoms with Gasteiger partial charge in [-0.05, 0) is 72.0 Å². The van der Waals surface area contributed by atoms with Gasteiger partial charge in [0.15, 0.2) is 0 Å². The number of hydrogen-bond acceptors (Lipinski definition) is 7. The fourth-order valence-electron chi connectivity index (χ4n) is 6.68. The Morgan fingerprint density at radius 1 is 0.962 bits per heavy atom. The SMILES string of the molecule is CCCN(Cc1nc2c(ccc3cc4c(cc32)OCc2cc(-c3cnc(CN(C(=O)C[C@@H](C)CC)[C@@H](C)CC)[nH]3)ccc2-4)[nH]1)C(=O)CNC(=O)OC. The molecule has 0 bridgehead atoms. The van der Waals surface area contributed by atoms with E-state index in [9.17, 15) is 14.4 Å². The van der Waals surface area contributed by atoms with Gasteiger partial charge in [-0.15, -0.1) is 0 Å². The molecule has 6 rings (SSSR count). The van der Waals surface area contributed by atoms with Gasteiger partial charge in [-0.1, -0.05) is 52.3 Å². The molecule has 0 fully saturated rings. The summed E-state index contributed by atoms with van der Waals surface area (Å²) in [5.74, 6) is 2.52. The molecule has 1 aliphatic heterocycles. The number of amides is 3. The van der Waals surface area contributed by atoms with Crippen LogP contribution in [0.1, 0.15) is 77.5 Å². The Labute approximate surface area is 304 Å². The van der Waals surface area contributed by atoms with E-state index in [4.69, 9.17) is 9.72 Å². The van der Waals surface area contributed by atoms with Crippen molar-refractivity contribution in [2.24, 2.45) is 5.92 Å². The number of methoxy groups -OCH3 is 1. The summed E-state index contributed by atoms with van der Waals surface area (Å²) in [5, 5.41) is 4.45. The van der Waals surface area contributed by atoms with Crippen molar-refractivity contribution in [1.82, 2.24) is 35.1 Å². The van der Waals surface area contributed by atoms with Gasteiger partial charge >= 0.3 is 6.09 Å². The smallest absolute Gasteiger partial charge is 0.407 e. The summed E-state index contributed by atoms with van der Waals surface area (Å²) in [7, 11) is 1.26. The van der Waals surface area contributed by atoms with Crippen molar-refractivity contribution in [2.75, 3.05) is 20.2 Å². The minimum atomic E-state index is -0.646. The first-order chi connectivity index (χ1) is 25.1. The van der Waals surface area contributed by atoms with Crippen molar-refractivity contribution < 1.29 is 23.9 Å². The van der Waals surface area contributed by atoms with Crippen LogP contribution in [0.3, 0.4) is 0 Å². The highest BCUT2D eigenvalue weighted by Crippen LogP contribution is 2.42. The van der Waals surface area contributed by atoms with Crippen LogP contribution in [0.15, 0.2) is 48.7 Å². The fraction of sp³-hybridized carbons (Fsp3) is 0.425. The predicted molar refractivity (Wildman–Crippen MR) is 201 cm³/mol. The van der Waals surface area contributed by atoms with Gasteiger partial charge in [0.1, 0.15) is 30.5 Å². The Hall–Kier alpha value is -5.39. The van der Waals surface area contributed by atoms with Crippen molar-refractivity contribution in [1.29, 1.82) is 0 Å². The lowest BCUT2D eigenvalue weighted by molar-refractivity contribution is -0.135. The number of carbonyl (C=O) groups is 3. The van der Waals surface area contributed by atoms with E-state index in [2.05, 4.69) is 89.1 Å². The van der Waals surface area contributed by atoms with Gasteiger partial charge < -0.3 is 34.6 Å². The maximum Gasteiger partial charge on any atom is 0.407 e. The molecule has 274 valence electrons. The van der Waals surface area contributed by atoms with Crippen molar-refractivity contribution in [3.05, 3.63) is 65.9 Å². The summed E-state index contributed by atoms with van der Waals surface area (Å²) >= 11 is 0. The van der Waals surface area contributed by atoms with Crippen LogP contribution in [-0.2, 0) is 34.0 Å². The second kappa shape index (κ2) is 15.9. The third-order valence-corrected chi connectivity index (χ3v) is 10.1. The number of H-pyrrole nitrogens is 2. The average Bonchev–Trinajstić information content (AvgIpc) is 3.81. The van der Waals surface area contributed by atoms with Gasteiger partial charge in [0.2, 0.25) is 11.8 Å². The van der Waals surface area contributed by atoms with Gasteiger partial charge in [-0.25, -0.2) is 14.8 Å². The number of alkyl carbamates (subject to hydrolysis) is 1. The van der Waals surface area contributed by atoms with Crippen LogP contribution in [0.4, 0.5) is 4.79 Å². The van der Waals surface area contributed by atoms with Crippen LogP contribution < -0.4 is 10.1 Å². The second-order valence-corrected chi connectivity index (χ2v) is 13.8. The van der Waals surface area contributed by atoms with Gasteiger partial charge in [0.25, 0.3) is 0 Å². The number of imidazole rings is 2. The zero-order chi connectivity index (χ0) is 36.9. The van der Waals surface area contributed by atoms with E-state index in [1.165, 1.54) is 7.11 Å². The van der Waals surface area contributed by atoms with Crippen LogP contribution in [0.2, 0.25) is 0 Å². The minimum Gasteiger partial charge on any atom is -0.488 e. The summed E-state index contributed by atoms with van der Waals surface area (Å²) < 4.78 is 10.9. The number of aromatic nitrogens is 4. The topological polar surface area (TPSA) is 146 Å². The van der Waals surface area contributed by atoms with E-state index >= 15 is 0 Å². The van der Waals surface area contributed by atoms with Gasteiger partial charge in [0.05, 0.1) is 43.1 Å². The molecule has 5 aromatic rings. The van der Waals surface area contributed by atoms with Crippen molar-refractivity contribution >= 4 is 39.7 Å². The van der Waals surface area contributed by atoms with Crippen LogP contribution in [0.25, 0.3) is 44.2 Å². The lowest BCUT2D eigenvalue weighted by atomic mass is 9.92. The molecule has 3 amide bonds. The lowest BCUT2D eigenvalue weighted by Gasteiger charge is -2.29. The Balaban J connectivity index is 1.22. The zero-order valence-electron chi connectivity index (χ0n) is 31.0. The molecule has 52 heavy (non-hydrogen) atoms. The number of hydrogen-bond donors (Lipinski definition) is 3. The number of rotatable bonds is 14. The van der Waals surface area contributed by atoms with Gasteiger partial charge in [-0.3, -0.25) is 9.59 Å². The van der Waals surface area contributed by atoms with E-state index in [1.807, 2.05) is 24.1 Å². The first kappa shape index (κ1) is 36.4. The molecule has 2 aromatic heterocycles. The Kier molecular flexibility index (Phi) is 11.1. The predicted octanol–water partition coefficient (Wildman–Crippen LogP) is 7.32. The Morgan fingerprint density at radius 3 is 2.54 bits per heavy atom. The number of nitrogens with one attached hydrogen (secondary N) is 3. The third-order valence-electron chi connectivity index (χ3n) is 10.1. The molecule has 12 heteroatoms. The largest absolute Gasteiger partial charge is 0.488 e. The molecule has 0 aliphatic carbocycles. The van der Waals surface area contributed by atoms with Crippen LogP contribution >= 0.6 is 0 Å². The highest BCUT2D eigenvalue weighted by molar-refractivity contribution is 6.07. The monoisotopic (exact) mass is 707 g/mol. The number of benzene rings is 3. The van der Waals surface area contributed by atoms with Crippen molar-refractivity contribution in [3.63, 3.8) is 0 Å². The molecule has 1 aliphatic rings. The van der Waals surface area contributed by atoms with Crippen LogP contribution in [0.5, 0.6) is 5.75 Å². The molecular weight excluding hydrogens is 658 g/mol. The molecule has 2 atom stereocenters. The highest BCUT2D eigenvalue weighted by Gasteiger charge is 2.24. The second-order valence-electron chi connectivity index (χ2n) is 13.8. The molecule has 3 heterocycles. The van der Waals surface area contributed by atoms with Crippen LogP contribution in [0, 0.1) is 5.92 Å². The van der Waals surface area contributed by atoms with E-state index < -0.39 is 6.09 Å².